The number of nitrogens with zero attached hydrogens (tertiary/aromatic N) is 4. The summed E-state index contributed by atoms with van der Waals surface area (Å²) in [5.74, 6) is 2.33. The minimum absolute atomic E-state index is 0.682. The molecule has 4 heterocycles. The van der Waals surface area contributed by atoms with E-state index in [2.05, 4.69) is 20.3 Å². The number of anilines is 1. The van der Waals surface area contributed by atoms with E-state index in [-0.39, 0.29) is 0 Å². The molecule has 1 N–H and O–H groups in total. The monoisotopic (exact) mass is 263 g/mol. The van der Waals surface area contributed by atoms with Gasteiger partial charge in [0.2, 0.25) is 5.95 Å². The molecule has 6 heteroatoms. The summed E-state index contributed by atoms with van der Waals surface area (Å²) >= 11 is 5.96. The van der Waals surface area contributed by atoms with E-state index < -0.39 is 0 Å². The van der Waals surface area contributed by atoms with E-state index in [4.69, 9.17) is 11.6 Å². The number of hydrogen-bond donors (Lipinski definition) is 1. The lowest BCUT2D eigenvalue weighted by molar-refractivity contribution is 0.533. The molecule has 2 aliphatic rings. The third-order valence-electron chi connectivity index (χ3n) is 3.96. The molecule has 2 unspecified atom stereocenters. The van der Waals surface area contributed by atoms with Crippen LogP contribution in [0.5, 0.6) is 0 Å². The molecule has 4 rings (SSSR count). The normalized spacial score (nSPS) is 27.1. The van der Waals surface area contributed by atoms with E-state index >= 15 is 0 Å². The van der Waals surface area contributed by atoms with E-state index in [0.717, 1.165) is 49.6 Å². The smallest absolute Gasteiger partial charge is 0.245 e. The zero-order chi connectivity index (χ0) is 12.1. The number of aromatic nitrogens is 3. The summed E-state index contributed by atoms with van der Waals surface area (Å²) in [5, 5.41) is 8.63. The molecule has 0 radical (unpaired) electrons. The Morgan fingerprint density at radius 3 is 2.78 bits per heavy atom. The summed E-state index contributed by atoms with van der Waals surface area (Å²) in [6, 6.07) is 3.75. The predicted octanol–water partition coefficient (Wildman–Crippen LogP) is 1.04. The molecule has 2 fully saturated rings. The largest absolute Gasteiger partial charge is 0.339 e. The molecule has 94 valence electrons. The SMILES string of the molecule is Clc1ccc2nc(N3CC4CNCC4C3)nn2c1. The van der Waals surface area contributed by atoms with Crippen LogP contribution in [-0.2, 0) is 0 Å². The van der Waals surface area contributed by atoms with Crippen LogP contribution in [-0.4, -0.2) is 40.8 Å². The Kier molecular flexibility index (Phi) is 2.25. The maximum Gasteiger partial charge on any atom is 0.245 e. The molecule has 2 saturated heterocycles. The minimum atomic E-state index is 0.682. The second-order valence-electron chi connectivity index (χ2n) is 5.15. The number of pyridine rings is 1. The fraction of sp³-hybridized carbons (Fsp3) is 0.500. The van der Waals surface area contributed by atoms with Crippen molar-refractivity contribution in [3.63, 3.8) is 0 Å². The van der Waals surface area contributed by atoms with Gasteiger partial charge in [0.05, 0.1) is 5.02 Å². The highest BCUT2D eigenvalue weighted by atomic mass is 35.5. The molecular formula is C12H14ClN5. The Hall–Kier alpha value is -1.33. The lowest BCUT2D eigenvalue weighted by atomic mass is 10.0. The van der Waals surface area contributed by atoms with Gasteiger partial charge in [-0.05, 0) is 24.0 Å². The van der Waals surface area contributed by atoms with Crippen molar-refractivity contribution in [3.05, 3.63) is 23.4 Å². The first-order chi connectivity index (χ1) is 8.79. The van der Waals surface area contributed by atoms with Crippen molar-refractivity contribution >= 4 is 23.2 Å². The molecule has 0 amide bonds. The van der Waals surface area contributed by atoms with E-state index in [1.54, 1.807) is 10.7 Å². The van der Waals surface area contributed by atoms with Gasteiger partial charge in [0.15, 0.2) is 5.65 Å². The average molecular weight is 264 g/mol. The van der Waals surface area contributed by atoms with Gasteiger partial charge < -0.3 is 10.2 Å². The maximum absolute atomic E-state index is 5.96. The van der Waals surface area contributed by atoms with Crippen molar-refractivity contribution in [1.29, 1.82) is 0 Å². The van der Waals surface area contributed by atoms with Gasteiger partial charge in [-0.3, -0.25) is 0 Å². The number of rotatable bonds is 1. The standard InChI is InChI=1S/C12H14ClN5/c13-10-1-2-11-15-12(16-18(11)7-10)17-5-8-3-14-4-9(8)6-17/h1-2,7-9,14H,3-6H2. The summed E-state index contributed by atoms with van der Waals surface area (Å²) in [6.45, 7) is 4.37. The minimum Gasteiger partial charge on any atom is -0.339 e. The third-order valence-corrected chi connectivity index (χ3v) is 4.18. The van der Waals surface area contributed by atoms with Gasteiger partial charge in [-0.25, -0.2) is 4.52 Å². The molecule has 2 aromatic heterocycles. The molecule has 2 aliphatic heterocycles. The van der Waals surface area contributed by atoms with Crippen LogP contribution in [0.4, 0.5) is 5.95 Å². The number of fused-ring (bicyclic) bond motifs is 2. The van der Waals surface area contributed by atoms with Gasteiger partial charge in [0.25, 0.3) is 0 Å². The van der Waals surface area contributed by atoms with Gasteiger partial charge in [0.1, 0.15) is 0 Å². The molecule has 0 aromatic carbocycles. The second kappa shape index (κ2) is 3.83. The number of hydrogen-bond acceptors (Lipinski definition) is 4. The predicted molar refractivity (Wildman–Crippen MR) is 70.1 cm³/mol. The molecule has 2 atom stereocenters. The van der Waals surface area contributed by atoms with Crippen LogP contribution < -0.4 is 10.2 Å². The molecule has 5 nitrogen and oxygen atoms in total. The Bertz CT molecular complexity index is 583. The molecule has 0 bridgehead atoms. The Labute approximate surface area is 110 Å². The van der Waals surface area contributed by atoms with Crippen LogP contribution >= 0.6 is 11.6 Å². The van der Waals surface area contributed by atoms with Gasteiger partial charge in [-0.15, -0.1) is 5.10 Å². The summed E-state index contributed by atoms with van der Waals surface area (Å²) in [7, 11) is 0. The lowest BCUT2D eigenvalue weighted by Gasteiger charge is -2.14. The van der Waals surface area contributed by atoms with Crippen LogP contribution in [0.1, 0.15) is 0 Å². The highest BCUT2D eigenvalue weighted by Crippen LogP contribution is 2.29. The van der Waals surface area contributed by atoms with Crippen molar-refractivity contribution in [1.82, 2.24) is 19.9 Å². The molecule has 18 heavy (non-hydrogen) atoms. The van der Waals surface area contributed by atoms with Crippen molar-refractivity contribution in [2.24, 2.45) is 11.8 Å². The zero-order valence-corrected chi connectivity index (χ0v) is 10.6. The first kappa shape index (κ1) is 10.6. The summed E-state index contributed by atoms with van der Waals surface area (Å²) in [4.78, 5) is 6.85. The highest BCUT2D eigenvalue weighted by molar-refractivity contribution is 6.30. The molecule has 0 spiro atoms. The van der Waals surface area contributed by atoms with Gasteiger partial charge >= 0.3 is 0 Å². The van der Waals surface area contributed by atoms with Crippen LogP contribution in [0.3, 0.4) is 0 Å². The van der Waals surface area contributed by atoms with Crippen molar-refractivity contribution in [3.8, 4) is 0 Å². The lowest BCUT2D eigenvalue weighted by Crippen LogP contribution is -2.26. The molecule has 0 saturated carbocycles. The number of halogens is 1. The van der Waals surface area contributed by atoms with Gasteiger partial charge in [0, 0.05) is 32.4 Å². The first-order valence-corrected chi connectivity index (χ1v) is 6.65. The van der Waals surface area contributed by atoms with Crippen LogP contribution in [0.15, 0.2) is 18.3 Å². The number of nitrogens with one attached hydrogen (secondary N) is 1. The van der Waals surface area contributed by atoms with Crippen molar-refractivity contribution in [2.75, 3.05) is 31.1 Å². The van der Waals surface area contributed by atoms with E-state index in [0.29, 0.717) is 5.02 Å². The summed E-state index contributed by atoms with van der Waals surface area (Å²) < 4.78 is 1.75. The molecule has 0 aliphatic carbocycles. The Morgan fingerprint density at radius 2 is 2.00 bits per heavy atom. The first-order valence-electron chi connectivity index (χ1n) is 6.27. The van der Waals surface area contributed by atoms with Crippen molar-refractivity contribution in [2.45, 2.75) is 0 Å². The molecule has 2 aromatic rings. The Morgan fingerprint density at radius 1 is 1.22 bits per heavy atom. The van der Waals surface area contributed by atoms with E-state index in [1.165, 1.54) is 0 Å². The van der Waals surface area contributed by atoms with Gasteiger partial charge in [-0.2, -0.15) is 4.98 Å². The average Bonchev–Trinajstić information content (AvgIpc) is 2.99. The summed E-state index contributed by atoms with van der Waals surface area (Å²) in [5.41, 5.74) is 0.851. The van der Waals surface area contributed by atoms with E-state index in [9.17, 15) is 0 Å². The van der Waals surface area contributed by atoms with Crippen LogP contribution in [0, 0.1) is 11.8 Å². The fourth-order valence-electron chi connectivity index (χ4n) is 3.00. The maximum atomic E-state index is 5.96. The van der Waals surface area contributed by atoms with Crippen LogP contribution in [0.25, 0.3) is 5.65 Å². The molecular weight excluding hydrogens is 250 g/mol. The van der Waals surface area contributed by atoms with Crippen LogP contribution in [0.2, 0.25) is 5.02 Å². The van der Waals surface area contributed by atoms with Crippen molar-refractivity contribution < 1.29 is 0 Å². The third kappa shape index (κ3) is 1.58. The van der Waals surface area contributed by atoms with E-state index in [1.807, 2.05) is 12.1 Å². The highest BCUT2D eigenvalue weighted by Gasteiger charge is 2.37. The summed E-state index contributed by atoms with van der Waals surface area (Å²) in [6.07, 6.45) is 1.80. The Balaban J connectivity index is 1.67. The van der Waals surface area contributed by atoms with Gasteiger partial charge in [-0.1, -0.05) is 11.6 Å². The zero-order valence-electron chi connectivity index (χ0n) is 9.88. The quantitative estimate of drug-likeness (QED) is 0.835. The fourth-order valence-corrected chi connectivity index (χ4v) is 3.15. The second-order valence-corrected chi connectivity index (χ2v) is 5.58. The topological polar surface area (TPSA) is 45.5 Å².